The summed E-state index contributed by atoms with van der Waals surface area (Å²) in [5.41, 5.74) is 1.95. The number of anilines is 1. The number of amides is 1. The van der Waals surface area contributed by atoms with Gasteiger partial charge in [-0.15, -0.1) is 0 Å². The zero-order valence-corrected chi connectivity index (χ0v) is 14.3. The first kappa shape index (κ1) is 16.7. The van der Waals surface area contributed by atoms with Crippen molar-refractivity contribution in [1.29, 1.82) is 0 Å². The smallest absolute Gasteiger partial charge is 0.410 e. The number of benzene rings is 1. The van der Waals surface area contributed by atoms with E-state index in [0.29, 0.717) is 6.54 Å². The van der Waals surface area contributed by atoms with Crippen molar-refractivity contribution in [3.63, 3.8) is 0 Å². The van der Waals surface area contributed by atoms with E-state index in [4.69, 9.17) is 4.74 Å². The Morgan fingerprint density at radius 3 is 2.27 bits per heavy atom. The molecule has 4 nitrogen and oxygen atoms in total. The van der Waals surface area contributed by atoms with Gasteiger partial charge in [0, 0.05) is 32.4 Å². The Bertz CT molecular complexity index is 485. The van der Waals surface area contributed by atoms with Crippen LogP contribution in [-0.4, -0.2) is 36.7 Å². The number of hydrogen-bond donors (Lipinski definition) is 0. The summed E-state index contributed by atoms with van der Waals surface area (Å²) in [6.45, 7) is 8.51. The predicted molar refractivity (Wildman–Crippen MR) is 90.2 cm³/mol. The molecule has 1 fully saturated rings. The van der Waals surface area contributed by atoms with Gasteiger partial charge in [-0.05, 0) is 57.7 Å². The Balaban J connectivity index is 1.91. The van der Waals surface area contributed by atoms with Crippen molar-refractivity contribution in [2.24, 2.45) is 0 Å². The molecule has 1 aromatic carbocycles. The van der Waals surface area contributed by atoms with Gasteiger partial charge >= 0.3 is 6.09 Å². The van der Waals surface area contributed by atoms with Gasteiger partial charge in [-0.1, -0.05) is 12.1 Å². The van der Waals surface area contributed by atoms with Gasteiger partial charge in [0.15, 0.2) is 0 Å². The van der Waals surface area contributed by atoms with E-state index >= 15 is 0 Å². The zero-order valence-electron chi connectivity index (χ0n) is 14.3. The van der Waals surface area contributed by atoms with E-state index in [0.717, 1.165) is 18.7 Å². The van der Waals surface area contributed by atoms with Gasteiger partial charge in [-0.3, -0.25) is 0 Å². The molecule has 0 unspecified atom stereocenters. The van der Waals surface area contributed by atoms with Crippen LogP contribution in [0.2, 0.25) is 0 Å². The van der Waals surface area contributed by atoms with E-state index < -0.39 is 5.60 Å². The lowest BCUT2D eigenvalue weighted by atomic mass is 10.1. The molecule has 4 heteroatoms. The third-order valence-electron chi connectivity index (χ3n) is 3.78. The molecular formula is C18H28N2O2. The van der Waals surface area contributed by atoms with Crippen molar-refractivity contribution >= 4 is 11.8 Å². The van der Waals surface area contributed by atoms with Crippen LogP contribution in [0.25, 0.3) is 0 Å². The molecule has 1 amide bonds. The van der Waals surface area contributed by atoms with Crippen molar-refractivity contribution < 1.29 is 9.53 Å². The third-order valence-corrected chi connectivity index (χ3v) is 3.78. The number of hydrogen-bond acceptors (Lipinski definition) is 3. The van der Waals surface area contributed by atoms with E-state index in [2.05, 4.69) is 29.2 Å². The Morgan fingerprint density at radius 1 is 1.14 bits per heavy atom. The standard InChI is InChI=1S/C18H28N2O2/c1-18(2,3)22-17(21)19(4)14-15-8-10-16(11-9-15)20-12-6-5-7-13-20/h8-11H,5-7,12-14H2,1-4H3. The topological polar surface area (TPSA) is 32.8 Å². The number of piperidine rings is 1. The maximum atomic E-state index is 12.0. The van der Waals surface area contributed by atoms with E-state index in [9.17, 15) is 4.79 Å². The van der Waals surface area contributed by atoms with E-state index in [-0.39, 0.29) is 6.09 Å². The highest BCUT2D eigenvalue weighted by molar-refractivity contribution is 5.67. The summed E-state index contributed by atoms with van der Waals surface area (Å²) in [6.07, 6.45) is 3.62. The molecule has 2 rings (SSSR count). The zero-order chi connectivity index (χ0) is 16.2. The fourth-order valence-corrected chi connectivity index (χ4v) is 2.64. The van der Waals surface area contributed by atoms with Crippen molar-refractivity contribution in [1.82, 2.24) is 4.90 Å². The van der Waals surface area contributed by atoms with Gasteiger partial charge in [0.1, 0.15) is 5.60 Å². The number of ether oxygens (including phenoxy) is 1. The maximum Gasteiger partial charge on any atom is 0.410 e. The van der Waals surface area contributed by atoms with Crippen LogP contribution in [0.3, 0.4) is 0 Å². The summed E-state index contributed by atoms with van der Waals surface area (Å²) in [5.74, 6) is 0. The SMILES string of the molecule is CN(Cc1ccc(N2CCCCC2)cc1)C(=O)OC(C)(C)C. The van der Waals surface area contributed by atoms with Crippen molar-refractivity contribution in [2.75, 3.05) is 25.0 Å². The molecule has 1 aliphatic heterocycles. The molecule has 1 aliphatic rings. The molecule has 122 valence electrons. The molecule has 22 heavy (non-hydrogen) atoms. The van der Waals surface area contributed by atoms with E-state index in [1.54, 1.807) is 11.9 Å². The average Bonchev–Trinajstić information content (AvgIpc) is 2.47. The Morgan fingerprint density at radius 2 is 1.73 bits per heavy atom. The van der Waals surface area contributed by atoms with Gasteiger partial charge in [0.2, 0.25) is 0 Å². The van der Waals surface area contributed by atoms with Crippen LogP contribution in [0.1, 0.15) is 45.6 Å². The molecule has 1 saturated heterocycles. The van der Waals surface area contributed by atoms with Gasteiger partial charge < -0.3 is 14.5 Å². The summed E-state index contributed by atoms with van der Waals surface area (Å²) in [5, 5.41) is 0. The molecule has 0 aliphatic carbocycles. The summed E-state index contributed by atoms with van der Waals surface area (Å²) in [7, 11) is 1.77. The van der Waals surface area contributed by atoms with Crippen LogP contribution < -0.4 is 4.90 Å². The van der Waals surface area contributed by atoms with Gasteiger partial charge in [0.05, 0.1) is 0 Å². The second kappa shape index (κ2) is 7.03. The highest BCUT2D eigenvalue weighted by Gasteiger charge is 2.19. The Kier molecular flexibility index (Phi) is 5.33. The molecule has 0 N–H and O–H groups in total. The van der Waals surface area contributed by atoms with Gasteiger partial charge in [-0.2, -0.15) is 0 Å². The maximum absolute atomic E-state index is 12.0. The Labute approximate surface area is 134 Å². The fourth-order valence-electron chi connectivity index (χ4n) is 2.64. The normalized spacial score (nSPS) is 15.5. The molecule has 0 atom stereocenters. The Hall–Kier alpha value is -1.71. The first-order valence-electron chi connectivity index (χ1n) is 8.13. The summed E-state index contributed by atoms with van der Waals surface area (Å²) >= 11 is 0. The minimum absolute atomic E-state index is 0.285. The second-order valence-electron chi connectivity index (χ2n) is 7.05. The second-order valence-corrected chi connectivity index (χ2v) is 7.05. The summed E-state index contributed by atoms with van der Waals surface area (Å²) in [6, 6.07) is 8.52. The first-order chi connectivity index (χ1) is 10.3. The average molecular weight is 304 g/mol. The van der Waals surface area contributed by atoms with Crippen LogP contribution >= 0.6 is 0 Å². The highest BCUT2D eigenvalue weighted by Crippen LogP contribution is 2.21. The molecular weight excluding hydrogens is 276 g/mol. The molecule has 1 aromatic rings. The third kappa shape index (κ3) is 4.93. The minimum atomic E-state index is -0.455. The minimum Gasteiger partial charge on any atom is -0.444 e. The lowest BCUT2D eigenvalue weighted by molar-refractivity contribution is 0.0285. The molecule has 0 saturated carbocycles. The first-order valence-corrected chi connectivity index (χ1v) is 8.13. The van der Waals surface area contributed by atoms with E-state index in [1.165, 1.54) is 24.9 Å². The molecule has 0 aromatic heterocycles. The highest BCUT2D eigenvalue weighted by atomic mass is 16.6. The lowest BCUT2D eigenvalue weighted by Crippen LogP contribution is -2.33. The monoisotopic (exact) mass is 304 g/mol. The molecule has 0 radical (unpaired) electrons. The van der Waals surface area contributed by atoms with Crippen molar-refractivity contribution in [3.8, 4) is 0 Å². The van der Waals surface area contributed by atoms with Crippen LogP contribution in [0, 0.1) is 0 Å². The van der Waals surface area contributed by atoms with Crippen LogP contribution in [0.15, 0.2) is 24.3 Å². The summed E-state index contributed by atoms with van der Waals surface area (Å²) < 4.78 is 5.37. The number of rotatable bonds is 3. The summed E-state index contributed by atoms with van der Waals surface area (Å²) in [4.78, 5) is 16.0. The molecule has 1 heterocycles. The van der Waals surface area contributed by atoms with E-state index in [1.807, 2.05) is 20.8 Å². The number of carbonyl (C=O) groups is 1. The van der Waals surface area contributed by atoms with Gasteiger partial charge in [0.25, 0.3) is 0 Å². The van der Waals surface area contributed by atoms with Crippen LogP contribution in [0.4, 0.5) is 10.5 Å². The fraction of sp³-hybridized carbons (Fsp3) is 0.611. The lowest BCUT2D eigenvalue weighted by Gasteiger charge is -2.29. The largest absolute Gasteiger partial charge is 0.444 e. The number of nitrogens with zero attached hydrogens (tertiary/aromatic N) is 2. The van der Waals surface area contributed by atoms with Crippen molar-refractivity contribution in [2.45, 2.75) is 52.2 Å². The van der Waals surface area contributed by atoms with Crippen LogP contribution in [0.5, 0.6) is 0 Å². The quantitative estimate of drug-likeness (QED) is 0.844. The van der Waals surface area contributed by atoms with Crippen molar-refractivity contribution in [3.05, 3.63) is 29.8 Å². The van der Waals surface area contributed by atoms with Crippen LogP contribution in [-0.2, 0) is 11.3 Å². The van der Waals surface area contributed by atoms with Gasteiger partial charge in [-0.25, -0.2) is 4.79 Å². The molecule has 0 bridgehead atoms. The predicted octanol–water partition coefficient (Wildman–Crippen LogP) is 4.04. The number of carbonyl (C=O) groups excluding carboxylic acids is 1. The molecule has 0 spiro atoms.